The first-order valence-electron chi connectivity index (χ1n) is 10.9. The summed E-state index contributed by atoms with van der Waals surface area (Å²) in [5, 5.41) is 5.17. The second kappa shape index (κ2) is 11.9. The molecule has 0 unspecified atom stereocenters. The summed E-state index contributed by atoms with van der Waals surface area (Å²) in [6.07, 6.45) is 3.19. The number of H-pyrrole nitrogens is 1. The maximum absolute atomic E-state index is 12.7. The second-order valence-corrected chi connectivity index (χ2v) is 7.82. The van der Waals surface area contributed by atoms with Gasteiger partial charge in [0, 0.05) is 30.7 Å². The molecular formula is C23H36N4OS. The predicted octanol–water partition coefficient (Wildman–Crippen LogP) is 3.91. The van der Waals surface area contributed by atoms with E-state index in [2.05, 4.69) is 59.9 Å². The summed E-state index contributed by atoms with van der Waals surface area (Å²) in [5.41, 5.74) is 2.87. The fraction of sp³-hybridized carbons (Fsp3) is 0.565. The zero-order valence-electron chi connectivity index (χ0n) is 18.4. The molecule has 0 fully saturated rings. The Morgan fingerprint density at radius 2 is 1.86 bits per heavy atom. The highest BCUT2D eigenvalue weighted by Gasteiger charge is 2.14. The molecule has 5 nitrogen and oxygen atoms in total. The Morgan fingerprint density at radius 3 is 2.52 bits per heavy atom. The molecule has 2 N–H and O–H groups in total. The molecule has 0 spiro atoms. The highest BCUT2D eigenvalue weighted by molar-refractivity contribution is 7.80. The average molecular weight is 417 g/mol. The van der Waals surface area contributed by atoms with Crippen molar-refractivity contribution in [3.63, 3.8) is 0 Å². The first-order chi connectivity index (χ1) is 14.0. The van der Waals surface area contributed by atoms with Gasteiger partial charge in [-0.25, -0.2) is 0 Å². The minimum absolute atomic E-state index is 0.0362. The third kappa shape index (κ3) is 6.82. The van der Waals surface area contributed by atoms with E-state index in [0.29, 0.717) is 6.54 Å². The molecule has 0 aliphatic carbocycles. The second-order valence-electron chi connectivity index (χ2n) is 7.43. The molecule has 0 saturated carbocycles. The van der Waals surface area contributed by atoms with Crippen LogP contribution in [-0.2, 0) is 13.0 Å². The smallest absolute Gasteiger partial charge is 0.253 e. The number of aryl methyl sites for hydroxylation is 1. The van der Waals surface area contributed by atoms with Crippen molar-refractivity contribution in [1.82, 2.24) is 20.1 Å². The molecule has 0 atom stereocenters. The minimum atomic E-state index is -0.0362. The van der Waals surface area contributed by atoms with Gasteiger partial charge in [0.25, 0.3) is 5.56 Å². The molecular weight excluding hydrogens is 380 g/mol. The molecule has 2 aromatic rings. The first-order valence-corrected chi connectivity index (χ1v) is 11.3. The summed E-state index contributed by atoms with van der Waals surface area (Å²) in [4.78, 5) is 20.2. The van der Waals surface area contributed by atoms with Crippen molar-refractivity contribution in [2.75, 3.05) is 32.7 Å². The van der Waals surface area contributed by atoms with E-state index in [1.165, 1.54) is 5.56 Å². The number of unbranched alkanes of at least 4 members (excludes halogenated alkanes) is 1. The summed E-state index contributed by atoms with van der Waals surface area (Å²) in [6.45, 7) is 13.8. The molecule has 0 saturated heterocycles. The van der Waals surface area contributed by atoms with E-state index in [1.807, 2.05) is 12.1 Å². The molecule has 160 valence electrons. The lowest BCUT2D eigenvalue weighted by atomic mass is 10.1. The zero-order chi connectivity index (χ0) is 21.2. The fourth-order valence-electron chi connectivity index (χ4n) is 3.38. The highest BCUT2D eigenvalue weighted by Crippen LogP contribution is 2.15. The van der Waals surface area contributed by atoms with E-state index >= 15 is 0 Å². The third-order valence-corrected chi connectivity index (χ3v) is 5.83. The molecule has 1 heterocycles. The van der Waals surface area contributed by atoms with Crippen LogP contribution in [0.15, 0.2) is 29.1 Å². The van der Waals surface area contributed by atoms with Crippen LogP contribution in [-0.4, -0.2) is 52.6 Å². The van der Waals surface area contributed by atoms with Crippen LogP contribution in [0.2, 0.25) is 0 Å². The number of pyridine rings is 1. The van der Waals surface area contributed by atoms with Gasteiger partial charge in [0.05, 0.1) is 6.54 Å². The number of hydrogen-bond donors (Lipinski definition) is 2. The molecule has 29 heavy (non-hydrogen) atoms. The van der Waals surface area contributed by atoms with Crippen molar-refractivity contribution in [2.45, 2.75) is 53.5 Å². The number of thiocarbonyl (C=S) groups is 1. The Morgan fingerprint density at radius 1 is 1.10 bits per heavy atom. The quantitative estimate of drug-likeness (QED) is 0.430. The Balaban J connectivity index is 2.24. The van der Waals surface area contributed by atoms with Crippen LogP contribution in [0.5, 0.6) is 0 Å². The number of rotatable bonds is 11. The van der Waals surface area contributed by atoms with Crippen molar-refractivity contribution >= 4 is 28.2 Å². The number of nitrogens with one attached hydrogen (secondary N) is 2. The number of fused-ring (bicyclic) bond motifs is 1. The van der Waals surface area contributed by atoms with Crippen molar-refractivity contribution < 1.29 is 0 Å². The standard InChI is InChI=1S/C23H36N4OS/c1-5-9-12-24-23(29)27(14-13-26(7-3)8-4)17-20-16-19-15-18(6-2)10-11-21(19)25-22(20)28/h10-11,15-16H,5-9,12-14,17H2,1-4H3,(H,24,29)(H,25,28). The summed E-state index contributed by atoms with van der Waals surface area (Å²) >= 11 is 5.68. The van der Waals surface area contributed by atoms with Crippen LogP contribution in [0.4, 0.5) is 0 Å². The van der Waals surface area contributed by atoms with E-state index < -0.39 is 0 Å². The maximum atomic E-state index is 12.7. The van der Waals surface area contributed by atoms with Crippen LogP contribution in [0, 0.1) is 0 Å². The van der Waals surface area contributed by atoms with Crippen LogP contribution < -0.4 is 10.9 Å². The summed E-state index contributed by atoms with van der Waals surface area (Å²) in [6, 6.07) is 8.24. The molecule has 0 aliphatic rings. The van der Waals surface area contributed by atoms with Gasteiger partial charge in [0.2, 0.25) is 0 Å². The molecule has 0 radical (unpaired) electrons. The van der Waals surface area contributed by atoms with Crippen LogP contribution in [0.3, 0.4) is 0 Å². The van der Waals surface area contributed by atoms with Crippen molar-refractivity contribution in [1.29, 1.82) is 0 Å². The Kier molecular flexibility index (Phi) is 9.61. The first kappa shape index (κ1) is 23.4. The topological polar surface area (TPSA) is 51.4 Å². The normalized spacial score (nSPS) is 11.2. The summed E-state index contributed by atoms with van der Waals surface area (Å²) in [7, 11) is 0. The lowest BCUT2D eigenvalue weighted by Gasteiger charge is -2.28. The van der Waals surface area contributed by atoms with Crippen LogP contribution >= 0.6 is 12.2 Å². The van der Waals surface area contributed by atoms with Crippen molar-refractivity contribution in [2.24, 2.45) is 0 Å². The number of nitrogens with zero attached hydrogens (tertiary/aromatic N) is 2. The summed E-state index contributed by atoms with van der Waals surface area (Å²) in [5.74, 6) is 0. The Labute approximate surface area is 180 Å². The predicted molar refractivity (Wildman–Crippen MR) is 128 cm³/mol. The van der Waals surface area contributed by atoms with E-state index in [9.17, 15) is 4.79 Å². The minimum Gasteiger partial charge on any atom is -0.363 e. The van der Waals surface area contributed by atoms with Gasteiger partial charge in [-0.3, -0.25) is 4.79 Å². The number of aromatic amines is 1. The largest absolute Gasteiger partial charge is 0.363 e. The van der Waals surface area contributed by atoms with Gasteiger partial charge < -0.3 is 20.1 Å². The van der Waals surface area contributed by atoms with E-state index in [4.69, 9.17) is 12.2 Å². The number of benzene rings is 1. The van der Waals surface area contributed by atoms with E-state index in [1.54, 1.807) is 0 Å². The van der Waals surface area contributed by atoms with Gasteiger partial charge in [-0.1, -0.05) is 40.2 Å². The van der Waals surface area contributed by atoms with Gasteiger partial charge in [0.1, 0.15) is 0 Å². The molecule has 0 aliphatic heterocycles. The molecule has 1 aromatic carbocycles. The average Bonchev–Trinajstić information content (AvgIpc) is 2.73. The van der Waals surface area contributed by atoms with Gasteiger partial charge in [-0.05, 0) is 67.3 Å². The number of aromatic nitrogens is 1. The number of hydrogen-bond acceptors (Lipinski definition) is 3. The maximum Gasteiger partial charge on any atom is 0.253 e. The molecule has 2 rings (SSSR count). The third-order valence-electron chi connectivity index (χ3n) is 5.43. The van der Waals surface area contributed by atoms with Gasteiger partial charge in [0.15, 0.2) is 5.11 Å². The molecule has 0 amide bonds. The zero-order valence-corrected chi connectivity index (χ0v) is 19.2. The molecule has 0 bridgehead atoms. The molecule has 1 aromatic heterocycles. The lowest BCUT2D eigenvalue weighted by molar-refractivity contribution is 0.263. The van der Waals surface area contributed by atoms with E-state index in [-0.39, 0.29) is 5.56 Å². The van der Waals surface area contributed by atoms with E-state index in [0.717, 1.165) is 73.6 Å². The SMILES string of the molecule is CCCCNC(=S)N(CCN(CC)CC)Cc1cc2cc(CC)ccc2[nH]c1=O. The van der Waals surface area contributed by atoms with Gasteiger partial charge >= 0.3 is 0 Å². The van der Waals surface area contributed by atoms with Crippen LogP contribution in [0.1, 0.15) is 51.7 Å². The monoisotopic (exact) mass is 416 g/mol. The lowest BCUT2D eigenvalue weighted by Crippen LogP contribution is -2.44. The number of likely N-dealkylation sites (N-methyl/N-ethyl adjacent to an activating group) is 1. The van der Waals surface area contributed by atoms with Crippen LogP contribution in [0.25, 0.3) is 10.9 Å². The van der Waals surface area contributed by atoms with Crippen molar-refractivity contribution in [3.8, 4) is 0 Å². The Hall–Kier alpha value is -1.92. The molecule has 6 heteroatoms. The van der Waals surface area contributed by atoms with Crippen molar-refractivity contribution in [3.05, 3.63) is 45.7 Å². The Bertz CT molecular complexity index is 844. The fourth-order valence-corrected chi connectivity index (χ4v) is 3.64. The van der Waals surface area contributed by atoms with Gasteiger partial charge in [-0.15, -0.1) is 0 Å². The van der Waals surface area contributed by atoms with Gasteiger partial charge in [-0.2, -0.15) is 0 Å². The highest BCUT2D eigenvalue weighted by atomic mass is 32.1. The summed E-state index contributed by atoms with van der Waals surface area (Å²) < 4.78 is 0.